The molecule has 2 aromatic heterocycles. The number of nitrogens with zero attached hydrogens (tertiary/aromatic N) is 3. The minimum atomic E-state index is -4.84. The number of aliphatic hydroxyl groups is 1. The zero-order valence-electron chi connectivity index (χ0n) is 18.0. The number of aromatic nitrogens is 3. The third-order valence-corrected chi connectivity index (χ3v) is 5.72. The summed E-state index contributed by atoms with van der Waals surface area (Å²) in [6.45, 7) is 1.34. The van der Waals surface area contributed by atoms with Gasteiger partial charge in [0.2, 0.25) is 0 Å². The number of alkyl halides is 3. The molecule has 6 nitrogen and oxygen atoms in total. The Bertz CT molecular complexity index is 1370. The second-order valence-corrected chi connectivity index (χ2v) is 7.92. The minimum Gasteiger partial charge on any atom is -0.376 e. The molecule has 2 aromatic carbocycles. The van der Waals surface area contributed by atoms with Crippen LogP contribution in [0.2, 0.25) is 0 Å². The van der Waals surface area contributed by atoms with Crippen molar-refractivity contribution in [3.05, 3.63) is 83.6 Å². The lowest BCUT2D eigenvalue weighted by atomic mass is 9.93. The van der Waals surface area contributed by atoms with E-state index >= 15 is 0 Å². The number of carbonyl (C=O) groups is 1. The topological polar surface area (TPSA) is 94.0 Å². The summed E-state index contributed by atoms with van der Waals surface area (Å²) in [6.07, 6.45) is -3.25. The second-order valence-electron chi connectivity index (χ2n) is 7.92. The molecule has 34 heavy (non-hydrogen) atoms. The molecule has 0 aliphatic heterocycles. The van der Waals surface area contributed by atoms with E-state index in [-0.39, 0.29) is 17.8 Å². The number of hydrogen-bond acceptors (Lipinski definition) is 4. The van der Waals surface area contributed by atoms with Crippen molar-refractivity contribution in [2.75, 3.05) is 0 Å². The Labute approximate surface area is 191 Å². The largest absolute Gasteiger partial charge is 0.421 e. The Morgan fingerprint density at radius 3 is 2.44 bits per heavy atom. The van der Waals surface area contributed by atoms with Crippen molar-refractivity contribution in [2.24, 2.45) is 5.73 Å². The SMILES string of the molecule is CC[C@@](O)(c1cnn(Cc2ccc3c(-c4ccc(F)cc4)cc(C(N)=O)nc3c2)c1)C(F)(F)F. The van der Waals surface area contributed by atoms with Crippen LogP contribution in [0.15, 0.2) is 60.9 Å². The summed E-state index contributed by atoms with van der Waals surface area (Å²) in [5.41, 5.74) is 4.48. The van der Waals surface area contributed by atoms with Gasteiger partial charge in [-0.2, -0.15) is 18.3 Å². The fourth-order valence-corrected chi connectivity index (χ4v) is 3.79. The summed E-state index contributed by atoms with van der Waals surface area (Å²) in [5, 5.41) is 14.8. The van der Waals surface area contributed by atoms with Crippen molar-refractivity contribution in [1.82, 2.24) is 14.8 Å². The molecule has 0 radical (unpaired) electrons. The van der Waals surface area contributed by atoms with Crippen molar-refractivity contribution >= 4 is 16.8 Å². The van der Waals surface area contributed by atoms with E-state index in [0.29, 0.717) is 27.6 Å². The van der Waals surface area contributed by atoms with Crippen LogP contribution in [-0.4, -0.2) is 32.0 Å². The Balaban J connectivity index is 1.73. The van der Waals surface area contributed by atoms with Gasteiger partial charge in [-0.1, -0.05) is 31.2 Å². The molecule has 4 aromatic rings. The van der Waals surface area contributed by atoms with Crippen LogP contribution >= 0.6 is 0 Å². The number of benzene rings is 2. The molecule has 0 bridgehead atoms. The van der Waals surface area contributed by atoms with Crippen LogP contribution in [0.4, 0.5) is 17.6 Å². The molecule has 0 aliphatic carbocycles. The quantitative estimate of drug-likeness (QED) is 0.403. The Morgan fingerprint density at radius 1 is 1.12 bits per heavy atom. The molecular formula is C24H20F4N4O2. The fraction of sp³-hybridized carbons (Fsp3) is 0.208. The molecular weight excluding hydrogens is 452 g/mol. The summed E-state index contributed by atoms with van der Waals surface area (Å²) in [6, 6.07) is 12.4. The van der Waals surface area contributed by atoms with E-state index in [1.807, 2.05) is 0 Å². The Kier molecular flexibility index (Phi) is 5.86. The third-order valence-electron chi connectivity index (χ3n) is 5.72. The van der Waals surface area contributed by atoms with E-state index in [1.165, 1.54) is 29.8 Å². The molecule has 1 atom stereocenters. The summed E-state index contributed by atoms with van der Waals surface area (Å²) < 4.78 is 54.7. The second kappa shape index (κ2) is 8.53. The fourth-order valence-electron chi connectivity index (χ4n) is 3.79. The number of amides is 1. The molecule has 0 spiro atoms. The van der Waals surface area contributed by atoms with E-state index in [2.05, 4.69) is 10.1 Å². The lowest BCUT2D eigenvalue weighted by Crippen LogP contribution is -2.41. The highest BCUT2D eigenvalue weighted by molar-refractivity contribution is 6.00. The van der Waals surface area contributed by atoms with Crippen LogP contribution in [0.5, 0.6) is 0 Å². The highest BCUT2D eigenvalue weighted by Crippen LogP contribution is 2.41. The molecule has 3 N–H and O–H groups in total. The molecule has 0 fully saturated rings. The molecule has 0 aliphatic rings. The van der Waals surface area contributed by atoms with Crippen LogP contribution in [0.25, 0.3) is 22.0 Å². The van der Waals surface area contributed by atoms with Gasteiger partial charge >= 0.3 is 6.18 Å². The number of rotatable bonds is 6. The normalized spacial score (nSPS) is 13.7. The lowest BCUT2D eigenvalue weighted by molar-refractivity contribution is -0.267. The molecule has 176 valence electrons. The molecule has 0 saturated carbocycles. The van der Waals surface area contributed by atoms with E-state index in [0.717, 1.165) is 12.4 Å². The number of carbonyl (C=O) groups excluding carboxylic acids is 1. The van der Waals surface area contributed by atoms with Gasteiger partial charge in [0, 0.05) is 17.1 Å². The van der Waals surface area contributed by atoms with Crippen LogP contribution in [0.1, 0.15) is 35.0 Å². The number of hydrogen-bond donors (Lipinski definition) is 2. The summed E-state index contributed by atoms with van der Waals surface area (Å²) >= 11 is 0. The van der Waals surface area contributed by atoms with Gasteiger partial charge in [-0.3, -0.25) is 9.48 Å². The first-order chi connectivity index (χ1) is 16.0. The molecule has 0 saturated heterocycles. The van der Waals surface area contributed by atoms with Gasteiger partial charge in [0.05, 0.1) is 18.3 Å². The van der Waals surface area contributed by atoms with Crippen molar-refractivity contribution in [3.8, 4) is 11.1 Å². The maximum absolute atomic E-state index is 13.4. The van der Waals surface area contributed by atoms with Gasteiger partial charge in [0.25, 0.3) is 5.91 Å². The number of nitrogens with two attached hydrogens (primary N) is 1. The van der Waals surface area contributed by atoms with E-state index in [4.69, 9.17) is 5.73 Å². The average molecular weight is 472 g/mol. The zero-order chi connectivity index (χ0) is 24.7. The van der Waals surface area contributed by atoms with Crippen LogP contribution in [-0.2, 0) is 12.1 Å². The van der Waals surface area contributed by atoms with Crippen LogP contribution in [0.3, 0.4) is 0 Å². The first-order valence-electron chi connectivity index (χ1n) is 10.3. The van der Waals surface area contributed by atoms with E-state index < -0.39 is 29.9 Å². The molecule has 2 heterocycles. The first-order valence-corrected chi connectivity index (χ1v) is 10.3. The summed E-state index contributed by atoms with van der Waals surface area (Å²) in [5.74, 6) is -1.14. The van der Waals surface area contributed by atoms with Gasteiger partial charge in [-0.15, -0.1) is 0 Å². The smallest absolute Gasteiger partial charge is 0.376 e. The monoisotopic (exact) mass is 472 g/mol. The number of primary amides is 1. The van der Waals surface area contributed by atoms with E-state index in [9.17, 15) is 27.5 Å². The predicted octanol–water partition coefficient (Wildman–Crippen LogP) is 4.54. The highest BCUT2D eigenvalue weighted by atomic mass is 19.4. The lowest BCUT2D eigenvalue weighted by Gasteiger charge is -2.28. The van der Waals surface area contributed by atoms with Gasteiger partial charge < -0.3 is 10.8 Å². The highest BCUT2D eigenvalue weighted by Gasteiger charge is 2.54. The first kappa shape index (κ1) is 23.4. The van der Waals surface area contributed by atoms with E-state index in [1.54, 1.807) is 30.3 Å². The number of halogens is 4. The predicted molar refractivity (Wildman–Crippen MR) is 117 cm³/mol. The van der Waals surface area contributed by atoms with Crippen molar-refractivity contribution in [1.29, 1.82) is 0 Å². The van der Waals surface area contributed by atoms with Crippen molar-refractivity contribution in [3.63, 3.8) is 0 Å². The Hall–Kier alpha value is -3.79. The van der Waals surface area contributed by atoms with Gasteiger partial charge in [-0.05, 0) is 47.4 Å². The standard InChI is InChI=1S/C24H20F4N4O2/c1-2-23(34,24(26,27)28)16-11-30-32(13-16)12-14-3-8-18-19(15-4-6-17(25)7-5-15)10-21(22(29)33)31-20(18)9-14/h3-11,13,34H,2,12H2,1H3,(H2,29,33)/t23-/m1/s1. The average Bonchev–Trinajstić information content (AvgIpc) is 3.26. The molecule has 4 rings (SSSR count). The Morgan fingerprint density at radius 2 is 1.82 bits per heavy atom. The van der Waals surface area contributed by atoms with Crippen LogP contribution in [0, 0.1) is 5.82 Å². The summed E-state index contributed by atoms with van der Waals surface area (Å²) in [7, 11) is 0. The van der Waals surface area contributed by atoms with Gasteiger partial charge in [0.1, 0.15) is 11.5 Å². The zero-order valence-corrected chi connectivity index (χ0v) is 18.0. The number of fused-ring (bicyclic) bond motifs is 1. The molecule has 0 unspecified atom stereocenters. The van der Waals surface area contributed by atoms with Gasteiger partial charge in [0.15, 0.2) is 5.60 Å². The van der Waals surface area contributed by atoms with Crippen LogP contribution < -0.4 is 5.73 Å². The van der Waals surface area contributed by atoms with Crippen molar-refractivity contribution < 1.29 is 27.5 Å². The maximum atomic E-state index is 13.4. The molecule has 1 amide bonds. The number of pyridine rings is 1. The summed E-state index contributed by atoms with van der Waals surface area (Å²) in [4.78, 5) is 16.1. The minimum absolute atomic E-state index is 0.0172. The maximum Gasteiger partial charge on any atom is 0.421 e. The van der Waals surface area contributed by atoms with Gasteiger partial charge in [-0.25, -0.2) is 9.37 Å². The third kappa shape index (κ3) is 4.24. The van der Waals surface area contributed by atoms with Crippen molar-refractivity contribution in [2.45, 2.75) is 31.7 Å². The molecule has 10 heteroatoms.